The van der Waals surface area contributed by atoms with Crippen LogP contribution in [0.25, 0.3) is 0 Å². The number of thiophene rings is 1. The molecule has 1 aromatic heterocycles. The number of ether oxygens (including phenoxy) is 2. The number of rotatable bonds is 7. The van der Waals surface area contributed by atoms with Gasteiger partial charge in [-0.3, -0.25) is 0 Å². The minimum Gasteiger partial charge on any atom is -0.379 e. The van der Waals surface area contributed by atoms with Gasteiger partial charge in [0.25, 0.3) is 0 Å². The molecule has 0 spiro atoms. The molecule has 0 aromatic carbocycles. The Kier molecular flexibility index (Phi) is 5.92. The first-order valence-electron chi connectivity index (χ1n) is 6.43. The maximum atomic E-state index is 5.92. The number of halogens is 1. The summed E-state index contributed by atoms with van der Waals surface area (Å²) in [5.74, 6) is 0. The van der Waals surface area contributed by atoms with E-state index in [1.54, 1.807) is 11.3 Å². The Bertz CT molecular complexity index is 353. The fourth-order valence-electron chi connectivity index (χ4n) is 1.95. The largest absolute Gasteiger partial charge is 0.379 e. The van der Waals surface area contributed by atoms with E-state index < -0.39 is 0 Å². The quantitative estimate of drug-likeness (QED) is 0.782. The van der Waals surface area contributed by atoms with Crippen molar-refractivity contribution in [2.24, 2.45) is 0 Å². The maximum Gasteiger partial charge on any atom is 0.0931 e. The van der Waals surface area contributed by atoms with E-state index in [2.05, 4.69) is 18.3 Å². The van der Waals surface area contributed by atoms with Crippen molar-refractivity contribution in [1.29, 1.82) is 0 Å². The molecular formula is C13H20ClNO2S. The van der Waals surface area contributed by atoms with Gasteiger partial charge in [0.1, 0.15) is 0 Å². The predicted molar refractivity (Wildman–Crippen MR) is 75.5 cm³/mol. The molecule has 3 nitrogen and oxygen atoms in total. The third-order valence-corrected chi connectivity index (χ3v) is 4.45. The van der Waals surface area contributed by atoms with Gasteiger partial charge in [-0.05, 0) is 38.4 Å². The fraction of sp³-hybridized carbons (Fsp3) is 0.692. The molecular weight excluding hydrogens is 270 g/mol. The maximum absolute atomic E-state index is 5.92. The summed E-state index contributed by atoms with van der Waals surface area (Å²) < 4.78 is 11.8. The lowest BCUT2D eigenvalue weighted by Crippen LogP contribution is -2.21. The first kappa shape index (κ1) is 14.3. The summed E-state index contributed by atoms with van der Waals surface area (Å²) in [4.78, 5) is 1.28. The van der Waals surface area contributed by atoms with E-state index in [0.29, 0.717) is 12.1 Å². The van der Waals surface area contributed by atoms with Gasteiger partial charge in [0.15, 0.2) is 0 Å². The fourth-order valence-corrected chi connectivity index (χ4v) is 3.03. The topological polar surface area (TPSA) is 30.5 Å². The van der Waals surface area contributed by atoms with Crippen molar-refractivity contribution in [2.45, 2.75) is 31.9 Å². The molecule has 2 rings (SSSR count). The molecule has 0 amide bonds. The molecule has 1 N–H and O–H groups in total. The Hall–Kier alpha value is -0.130. The highest BCUT2D eigenvalue weighted by molar-refractivity contribution is 7.16. The third-order valence-electron chi connectivity index (χ3n) is 3.03. The average Bonchev–Trinajstić information content (AvgIpc) is 2.99. The molecule has 2 atom stereocenters. The van der Waals surface area contributed by atoms with E-state index in [1.807, 2.05) is 6.07 Å². The summed E-state index contributed by atoms with van der Waals surface area (Å²) in [5.41, 5.74) is 0. The summed E-state index contributed by atoms with van der Waals surface area (Å²) >= 11 is 7.56. The van der Waals surface area contributed by atoms with Crippen LogP contribution in [-0.4, -0.2) is 32.5 Å². The van der Waals surface area contributed by atoms with E-state index in [0.717, 1.165) is 43.5 Å². The Labute approximate surface area is 117 Å². The van der Waals surface area contributed by atoms with Crippen molar-refractivity contribution < 1.29 is 9.47 Å². The molecule has 18 heavy (non-hydrogen) atoms. The molecule has 0 unspecified atom stereocenters. The van der Waals surface area contributed by atoms with Gasteiger partial charge < -0.3 is 14.8 Å². The van der Waals surface area contributed by atoms with E-state index >= 15 is 0 Å². The summed E-state index contributed by atoms with van der Waals surface area (Å²) in [6.07, 6.45) is 2.39. The lowest BCUT2D eigenvalue weighted by Gasteiger charge is -2.13. The molecule has 1 aliphatic rings. The first-order valence-corrected chi connectivity index (χ1v) is 7.63. The Balaban J connectivity index is 1.54. The zero-order valence-electron chi connectivity index (χ0n) is 10.7. The van der Waals surface area contributed by atoms with Gasteiger partial charge in [0, 0.05) is 24.1 Å². The van der Waals surface area contributed by atoms with Crippen LogP contribution in [0.15, 0.2) is 12.1 Å². The van der Waals surface area contributed by atoms with E-state index in [4.69, 9.17) is 21.1 Å². The molecule has 102 valence electrons. The van der Waals surface area contributed by atoms with Crippen LogP contribution in [0.4, 0.5) is 0 Å². The lowest BCUT2D eigenvalue weighted by molar-refractivity contribution is 0.0414. The number of hydrogen-bond acceptors (Lipinski definition) is 4. The predicted octanol–water partition coefficient (Wildman–Crippen LogP) is 3.25. The zero-order chi connectivity index (χ0) is 12.8. The van der Waals surface area contributed by atoms with Crippen LogP contribution in [0.3, 0.4) is 0 Å². The van der Waals surface area contributed by atoms with Crippen LogP contribution in [0, 0.1) is 0 Å². The lowest BCUT2D eigenvalue weighted by atomic mass is 10.2. The number of hydrogen-bond donors (Lipinski definition) is 1. The second-order valence-electron chi connectivity index (χ2n) is 4.53. The van der Waals surface area contributed by atoms with Crippen LogP contribution in [0.2, 0.25) is 4.34 Å². The van der Waals surface area contributed by atoms with Gasteiger partial charge in [-0.25, -0.2) is 0 Å². The normalized spacial score (nSPS) is 21.3. The molecule has 0 aliphatic carbocycles. The second kappa shape index (κ2) is 7.46. The molecule has 5 heteroatoms. The van der Waals surface area contributed by atoms with Crippen LogP contribution in [0.5, 0.6) is 0 Å². The van der Waals surface area contributed by atoms with Crippen molar-refractivity contribution in [3.63, 3.8) is 0 Å². The van der Waals surface area contributed by atoms with Gasteiger partial charge in [0.05, 0.1) is 17.0 Å². The smallest absolute Gasteiger partial charge is 0.0931 e. The number of nitrogens with one attached hydrogen (secondary N) is 1. The average molecular weight is 290 g/mol. The van der Waals surface area contributed by atoms with Crippen molar-refractivity contribution in [3.05, 3.63) is 21.3 Å². The van der Waals surface area contributed by atoms with E-state index in [-0.39, 0.29) is 0 Å². The molecule has 1 aliphatic heterocycles. The summed E-state index contributed by atoms with van der Waals surface area (Å²) in [6.45, 7) is 5.54. The summed E-state index contributed by atoms with van der Waals surface area (Å²) in [7, 11) is 0. The molecule has 2 heterocycles. The molecule has 0 bridgehead atoms. The highest BCUT2D eigenvalue weighted by Gasteiger charge is 2.15. The van der Waals surface area contributed by atoms with Gasteiger partial charge in [-0.15, -0.1) is 11.3 Å². The summed E-state index contributed by atoms with van der Waals surface area (Å²) in [6, 6.07) is 4.39. The highest BCUT2D eigenvalue weighted by Crippen LogP contribution is 2.26. The van der Waals surface area contributed by atoms with Crippen LogP contribution < -0.4 is 5.32 Å². The zero-order valence-corrected chi connectivity index (χ0v) is 12.2. The third kappa shape index (κ3) is 4.52. The van der Waals surface area contributed by atoms with Crippen LogP contribution in [0.1, 0.15) is 30.7 Å². The van der Waals surface area contributed by atoms with Gasteiger partial charge >= 0.3 is 0 Å². The highest BCUT2D eigenvalue weighted by atomic mass is 35.5. The van der Waals surface area contributed by atoms with Crippen molar-refractivity contribution in [2.75, 3.05) is 26.4 Å². The SMILES string of the molecule is C[C@H](NCCCO[C@H]1CCOC1)c1ccc(Cl)s1. The van der Waals surface area contributed by atoms with Gasteiger partial charge in [0.2, 0.25) is 0 Å². The van der Waals surface area contributed by atoms with Crippen LogP contribution >= 0.6 is 22.9 Å². The molecule has 1 aromatic rings. The Morgan fingerprint density at radius 3 is 3.17 bits per heavy atom. The standard InChI is InChI=1S/C13H20ClNO2S/c1-10(12-3-4-13(14)18-12)15-6-2-7-17-11-5-8-16-9-11/h3-4,10-11,15H,2,5-9H2,1H3/t10-,11-/m0/s1. The molecule has 0 saturated carbocycles. The van der Waals surface area contributed by atoms with E-state index in [9.17, 15) is 0 Å². The van der Waals surface area contributed by atoms with Crippen molar-refractivity contribution in [1.82, 2.24) is 5.32 Å². The molecule has 0 radical (unpaired) electrons. The minimum atomic E-state index is 0.318. The monoisotopic (exact) mass is 289 g/mol. The van der Waals surface area contributed by atoms with Crippen molar-refractivity contribution >= 4 is 22.9 Å². The van der Waals surface area contributed by atoms with E-state index in [1.165, 1.54) is 4.88 Å². The second-order valence-corrected chi connectivity index (χ2v) is 6.27. The van der Waals surface area contributed by atoms with Gasteiger partial charge in [-0.1, -0.05) is 11.6 Å². The molecule has 1 fully saturated rings. The molecule has 1 saturated heterocycles. The Morgan fingerprint density at radius 1 is 1.61 bits per heavy atom. The Morgan fingerprint density at radius 2 is 2.50 bits per heavy atom. The van der Waals surface area contributed by atoms with Crippen molar-refractivity contribution in [3.8, 4) is 0 Å². The van der Waals surface area contributed by atoms with Gasteiger partial charge in [-0.2, -0.15) is 0 Å². The minimum absolute atomic E-state index is 0.318. The summed E-state index contributed by atoms with van der Waals surface area (Å²) in [5, 5.41) is 3.48. The first-order chi connectivity index (χ1) is 8.75. The van der Waals surface area contributed by atoms with Crippen LogP contribution in [-0.2, 0) is 9.47 Å².